The fourth-order valence-electron chi connectivity index (χ4n) is 3.83. The van der Waals surface area contributed by atoms with Crippen LogP contribution in [0.5, 0.6) is 0 Å². The third-order valence-corrected chi connectivity index (χ3v) is 6.14. The first-order valence-electron chi connectivity index (χ1n) is 11.1. The molecule has 1 atom stereocenters. The van der Waals surface area contributed by atoms with Gasteiger partial charge in [-0.15, -0.1) is 0 Å². The molecule has 0 aliphatic carbocycles. The van der Waals surface area contributed by atoms with Crippen molar-refractivity contribution in [3.8, 4) is 0 Å². The van der Waals surface area contributed by atoms with Crippen LogP contribution in [0, 0.1) is 5.92 Å². The van der Waals surface area contributed by atoms with Crippen LogP contribution in [-0.2, 0) is 16.0 Å². The molecule has 1 heterocycles. The summed E-state index contributed by atoms with van der Waals surface area (Å²) in [5, 5.41) is 3.52. The van der Waals surface area contributed by atoms with E-state index in [0.29, 0.717) is 50.0 Å². The molecule has 0 spiro atoms. The smallest absolute Gasteiger partial charge is 0.253 e. The highest BCUT2D eigenvalue weighted by molar-refractivity contribution is 6.36. The molecule has 0 bridgehead atoms. The zero-order valence-electron chi connectivity index (χ0n) is 18.9. The van der Waals surface area contributed by atoms with Gasteiger partial charge in [-0.2, -0.15) is 0 Å². The maximum absolute atomic E-state index is 13.4. The molecule has 3 amide bonds. The van der Waals surface area contributed by atoms with Gasteiger partial charge in [0.2, 0.25) is 11.8 Å². The number of nitrogens with zero attached hydrogens (tertiary/aromatic N) is 2. The number of halogens is 2. The van der Waals surface area contributed by atoms with Crippen LogP contribution in [0.2, 0.25) is 10.0 Å². The summed E-state index contributed by atoms with van der Waals surface area (Å²) in [5.74, 6) is -0.198. The largest absolute Gasteiger partial charge is 0.340 e. The monoisotopic (exact) mass is 489 g/mol. The molecule has 33 heavy (non-hydrogen) atoms. The molecule has 1 saturated heterocycles. The maximum atomic E-state index is 13.4. The van der Waals surface area contributed by atoms with Crippen LogP contribution >= 0.6 is 23.2 Å². The average molecular weight is 490 g/mol. The molecule has 0 radical (unpaired) electrons. The summed E-state index contributed by atoms with van der Waals surface area (Å²) in [6, 6.07) is 13.4. The molecule has 3 rings (SSSR count). The summed E-state index contributed by atoms with van der Waals surface area (Å²) in [5.41, 5.74) is 1.19. The second kappa shape index (κ2) is 11.5. The molecule has 0 saturated carbocycles. The summed E-state index contributed by atoms with van der Waals surface area (Å²) in [4.78, 5) is 42.3. The van der Waals surface area contributed by atoms with Crippen LogP contribution in [0.3, 0.4) is 0 Å². The zero-order valence-corrected chi connectivity index (χ0v) is 20.4. The Morgan fingerprint density at radius 1 is 0.939 bits per heavy atom. The predicted molar refractivity (Wildman–Crippen MR) is 130 cm³/mol. The van der Waals surface area contributed by atoms with Crippen LogP contribution in [0.4, 0.5) is 0 Å². The van der Waals surface area contributed by atoms with Gasteiger partial charge in [-0.05, 0) is 29.7 Å². The number of rotatable bonds is 7. The summed E-state index contributed by atoms with van der Waals surface area (Å²) in [7, 11) is 0. The quantitative estimate of drug-likeness (QED) is 0.637. The van der Waals surface area contributed by atoms with Crippen molar-refractivity contribution in [1.82, 2.24) is 15.1 Å². The van der Waals surface area contributed by atoms with Gasteiger partial charge in [0, 0.05) is 44.0 Å². The van der Waals surface area contributed by atoms with E-state index in [2.05, 4.69) is 5.32 Å². The Labute approximate surface area is 204 Å². The number of carbonyl (C=O) groups is 3. The van der Waals surface area contributed by atoms with E-state index in [1.807, 2.05) is 49.1 Å². The highest BCUT2D eigenvalue weighted by Crippen LogP contribution is 2.21. The molecule has 1 fully saturated rings. The second-order valence-corrected chi connectivity index (χ2v) is 9.49. The lowest BCUT2D eigenvalue weighted by Gasteiger charge is -2.37. The number of carbonyl (C=O) groups excluding carboxylic acids is 3. The van der Waals surface area contributed by atoms with Gasteiger partial charge in [-0.25, -0.2) is 0 Å². The fourth-order valence-corrected chi connectivity index (χ4v) is 4.33. The number of hydrogen-bond acceptors (Lipinski definition) is 3. The van der Waals surface area contributed by atoms with Gasteiger partial charge in [-0.1, -0.05) is 67.4 Å². The molecule has 1 aliphatic heterocycles. The Bertz CT molecular complexity index is 990. The molecule has 0 aromatic heterocycles. The van der Waals surface area contributed by atoms with Crippen molar-refractivity contribution < 1.29 is 14.4 Å². The van der Waals surface area contributed by atoms with E-state index < -0.39 is 11.9 Å². The normalized spacial score (nSPS) is 14.8. The van der Waals surface area contributed by atoms with E-state index >= 15 is 0 Å². The Morgan fingerprint density at radius 2 is 1.58 bits per heavy atom. The van der Waals surface area contributed by atoms with E-state index in [4.69, 9.17) is 23.2 Å². The van der Waals surface area contributed by atoms with Gasteiger partial charge < -0.3 is 15.1 Å². The standard InChI is InChI=1S/C25H29Cl2N3O3/c1-17(2)14-23(31)29-10-12-30(13-11-29)25(33)22(15-18-6-4-3-5-7-18)28-24(32)20-9-8-19(26)16-21(20)27/h3-9,16-17,22H,10-15H2,1-2H3,(H,28,32). The Kier molecular flexibility index (Phi) is 8.75. The van der Waals surface area contributed by atoms with Crippen molar-refractivity contribution in [1.29, 1.82) is 0 Å². The van der Waals surface area contributed by atoms with Crippen LogP contribution < -0.4 is 5.32 Å². The molecule has 1 unspecified atom stereocenters. The summed E-state index contributed by atoms with van der Waals surface area (Å²) < 4.78 is 0. The van der Waals surface area contributed by atoms with Crippen LogP contribution in [0.15, 0.2) is 48.5 Å². The lowest BCUT2D eigenvalue weighted by atomic mass is 10.0. The van der Waals surface area contributed by atoms with Gasteiger partial charge in [0.1, 0.15) is 6.04 Å². The van der Waals surface area contributed by atoms with E-state index in [9.17, 15) is 14.4 Å². The highest BCUT2D eigenvalue weighted by atomic mass is 35.5. The topological polar surface area (TPSA) is 69.7 Å². The summed E-state index contributed by atoms with van der Waals surface area (Å²) in [6.45, 7) is 5.89. The SMILES string of the molecule is CC(C)CC(=O)N1CCN(C(=O)C(Cc2ccccc2)NC(=O)c2ccc(Cl)cc2Cl)CC1. The second-order valence-electron chi connectivity index (χ2n) is 8.64. The Morgan fingerprint density at radius 3 is 2.18 bits per heavy atom. The first kappa shape index (κ1) is 25.1. The van der Waals surface area contributed by atoms with Gasteiger partial charge in [0.05, 0.1) is 10.6 Å². The minimum absolute atomic E-state index is 0.114. The maximum Gasteiger partial charge on any atom is 0.253 e. The molecule has 8 heteroatoms. The molecular formula is C25H29Cl2N3O3. The minimum atomic E-state index is -0.760. The lowest BCUT2D eigenvalue weighted by molar-refractivity contribution is -0.141. The van der Waals surface area contributed by atoms with E-state index in [-0.39, 0.29) is 22.4 Å². The van der Waals surface area contributed by atoms with E-state index in [1.165, 1.54) is 6.07 Å². The number of amides is 3. The van der Waals surface area contributed by atoms with Crippen molar-refractivity contribution in [3.63, 3.8) is 0 Å². The van der Waals surface area contributed by atoms with E-state index in [0.717, 1.165) is 5.56 Å². The predicted octanol–water partition coefficient (Wildman–Crippen LogP) is 4.05. The third-order valence-electron chi connectivity index (χ3n) is 5.59. The van der Waals surface area contributed by atoms with Crippen molar-refractivity contribution >= 4 is 40.9 Å². The van der Waals surface area contributed by atoms with Crippen molar-refractivity contribution in [2.24, 2.45) is 5.92 Å². The van der Waals surface area contributed by atoms with Crippen molar-refractivity contribution in [2.45, 2.75) is 32.7 Å². The zero-order chi connectivity index (χ0) is 24.0. The molecule has 2 aromatic rings. The fraction of sp³-hybridized carbons (Fsp3) is 0.400. The lowest BCUT2D eigenvalue weighted by Crippen LogP contribution is -2.56. The number of benzene rings is 2. The minimum Gasteiger partial charge on any atom is -0.340 e. The van der Waals surface area contributed by atoms with Crippen molar-refractivity contribution in [3.05, 3.63) is 69.7 Å². The summed E-state index contributed by atoms with van der Waals surface area (Å²) >= 11 is 12.1. The Balaban J connectivity index is 1.72. The average Bonchev–Trinajstić information content (AvgIpc) is 2.78. The number of piperazine rings is 1. The molecular weight excluding hydrogens is 461 g/mol. The van der Waals surface area contributed by atoms with Gasteiger partial charge in [0.15, 0.2) is 0 Å². The van der Waals surface area contributed by atoms with Crippen molar-refractivity contribution in [2.75, 3.05) is 26.2 Å². The van der Waals surface area contributed by atoms with Crippen LogP contribution in [-0.4, -0.2) is 59.7 Å². The van der Waals surface area contributed by atoms with Gasteiger partial charge in [0.25, 0.3) is 5.91 Å². The van der Waals surface area contributed by atoms with Gasteiger partial charge >= 0.3 is 0 Å². The highest BCUT2D eigenvalue weighted by Gasteiger charge is 2.30. The van der Waals surface area contributed by atoms with E-state index in [1.54, 1.807) is 17.0 Å². The van der Waals surface area contributed by atoms with Crippen LogP contribution in [0.1, 0.15) is 36.2 Å². The molecule has 1 aliphatic rings. The third kappa shape index (κ3) is 6.95. The molecule has 2 aromatic carbocycles. The molecule has 176 valence electrons. The first-order chi connectivity index (χ1) is 15.7. The van der Waals surface area contributed by atoms with Crippen LogP contribution in [0.25, 0.3) is 0 Å². The number of hydrogen-bond donors (Lipinski definition) is 1. The number of nitrogens with one attached hydrogen (secondary N) is 1. The Hall–Kier alpha value is -2.57. The molecule has 1 N–H and O–H groups in total. The first-order valence-corrected chi connectivity index (χ1v) is 11.9. The van der Waals surface area contributed by atoms with Gasteiger partial charge in [-0.3, -0.25) is 14.4 Å². The molecule has 6 nitrogen and oxygen atoms in total. The summed E-state index contributed by atoms with van der Waals surface area (Å²) in [6.07, 6.45) is 0.853.